The van der Waals surface area contributed by atoms with Crippen molar-refractivity contribution in [2.45, 2.75) is 44.4 Å². The van der Waals surface area contributed by atoms with Gasteiger partial charge in [0.25, 0.3) is 0 Å². The van der Waals surface area contributed by atoms with Gasteiger partial charge in [-0.2, -0.15) is 13.2 Å². The zero-order chi connectivity index (χ0) is 14.3. The molecule has 0 aromatic heterocycles. The molecule has 0 radical (unpaired) electrons. The molecule has 6 heteroatoms. The molecule has 1 N–H and O–H groups in total. The van der Waals surface area contributed by atoms with E-state index in [1.807, 2.05) is 7.05 Å². The van der Waals surface area contributed by atoms with Crippen LogP contribution in [-0.2, 0) is 4.74 Å². The first-order valence-corrected chi connectivity index (χ1v) is 6.89. The molecule has 19 heavy (non-hydrogen) atoms. The molecule has 0 bridgehead atoms. The Morgan fingerprint density at radius 2 is 1.95 bits per heavy atom. The van der Waals surface area contributed by atoms with Crippen LogP contribution in [0.4, 0.5) is 13.2 Å². The predicted octanol–water partition coefficient (Wildman–Crippen LogP) is 2.44. The summed E-state index contributed by atoms with van der Waals surface area (Å²) in [6.45, 7) is 0.455. The fraction of sp³-hybridized carbons (Fsp3) is 1.00. The maximum Gasteiger partial charge on any atom is 0.411 e. The van der Waals surface area contributed by atoms with Crippen LogP contribution in [0.2, 0.25) is 0 Å². The molecule has 0 saturated heterocycles. The van der Waals surface area contributed by atoms with Crippen molar-refractivity contribution in [3.8, 4) is 0 Å². The lowest BCUT2D eigenvalue weighted by Crippen LogP contribution is -2.35. The number of nitrogens with zero attached hydrogens (tertiary/aromatic N) is 1. The fourth-order valence-corrected chi connectivity index (χ4v) is 2.52. The Labute approximate surface area is 112 Å². The van der Waals surface area contributed by atoms with E-state index < -0.39 is 12.8 Å². The summed E-state index contributed by atoms with van der Waals surface area (Å²) >= 11 is 0. The van der Waals surface area contributed by atoms with E-state index in [9.17, 15) is 18.3 Å². The lowest BCUT2D eigenvalue weighted by molar-refractivity contribution is -0.174. The van der Waals surface area contributed by atoms with Crippen LogP contribution in [0.5, 0.6) is 0 Å². The van der Waals surface area contributed by atoms with Gasteiger partial charge in [0.05, 0.1) is 6.10 Å². The van der Waals surface area contributed by atoms with Crippen molar-refractivity contribution in [2.24, 2.45) is 5.92 Å². The second kappa shape index (κ2) is 8.07. The topological polar surface area (TPSA) is 32.7 Å². The zero-order valence-corrected chi connectivity index (χ0v) is 11.5. The van der Waals surface area contributed by atoms with E-state index in [0.29, 0.717) is 18.9 Å². The monoisotopic (exact) mass is 283 g/mol. The fourth-order valence-electron chi connectivity index (χ4n) is 2.52. The Morgan fingerprint density at radius 1 is 1.26 bits per heavy atom. The second-order valence-corrected chi connectivity index (χ2v) is 5.40. The Balaban J connectivity index is 2.06. The van der Waals surface area contributed by atoms with Gasteiger partial charge in [0.15, 0.2) is 0 Å². The number of aliphatic hydroxyl groups excluding tert-OH is 1. The van der Waals surface area contributed by atoms with Gasteiger partial charge in [0.1, 0.15) is 6.61 Å². The SMILES string of the molecule is CN(CCCOCC(F)(F)F)CC1CCCCC1O. The molecule has 0 heterocycles. The number of ether oxygens (including phenoxy) is 1. The molecule has 0 amide bonds. The summed E-state index contributed by atoms with van der Waals surface area (Å²) in [4.78, 5) is 2.07. The summed E-state index contributed by atoms with van der Waals surface area (Å²) in [6.07, 6.45) is 0.269. The van der Waals surface area contributed by atoms with Crippen molar-refractivity contribution < 1.29 is 23.0 Å². The highest BCUT2D eigenvalue weighted by atomic mass is 19.4. The van der Waals surface area contributed by atoms with Gasteiger partial charge in [-0.05, 0) is 32.2 Å². The first kappa shape index (κ1) is 16.7. The van der Waals surface area contributed by atoms with E-state index in [2.05, 4.69) is 9.64 Å². The van der Waals surface area contributed by atoms with Gasteiger partial charge in [0.2, 0.25) is 0 Å². The van der Waals surface area contributed by atoms with Crippen molar-refractivity contribution in [3.63, 3.8) is 0 Å². The number of rotatable bonds is 7. The summed E-state index contributed by atoms with van der Waals surface area (Å²) in [5.41, 5.74) is 0. The Bertz CT molecular complexity index is 249. The highest BCUT2D eigenvalue weighted by Gasteiger charge is 2.27. The molecule has 1 saturated carbocycles. The maximum atomic E-state index is 11.8. The van der Waals surface area contributed by atoms with E-state index in [4.69, 9.17) is 0 Å². The minimum absolute atomic E-state index is 0.122. The number of hydrogen-bond donors (Lipinski definition) is 1. The van der Waals surface area contributed by atoms with Gasteiger partial charge in [-0.1, -0.05) is 12.8 Å². The van der Waals surface area contributed by atoms with Gasteiger partial charge in [-0.3, -0.25) is 0 Å². The molecule has 2 atom stereocenters. The van der Waals surface area contributed by atoms with E-state index in [0.717, 1.165) is 32.2 Å². The molecule has 0 aromatic carbocycles. The Hall–Kier alpha value is -0.330. The normalized spacial score (nSPS) is 24.9. The largest absolute Gasteiger partial charge is 0.411 e. The molecule has 1 fully saturated rings. The van der Waals surface area contributed by atoms with Crippen LogP contribution in [0.3, 0.4) is 0 Å². The first-order chi connectivity index (χ1) is 8.88. The molecule has 0 aromatic rings. The van der Waals surface area contributed by atoms with Crippen molar-refractivity contribution in [2.75, 3.05) is 33.4 Å². The van der Waals surface area contributed by atoms with Crippen molar-refractivity contribution >= 4 is 0 Å². The second-order valence-electron chi connectivity index (χ2n) is 5.40. The third-order valence-electron chi connectivity index (χ3n) is 3.51. The molecular weight excluding hydrogens is 259 g/mol. The molecule has 0 spiro atoms. The van der Waals surface area contributed by atoms with Crippen LogP contribution in [0.25, 0.3) is 0 Å². The van der Waals surface area contributed by atoms with Crippen molar-refractivity contribution in [3.05, 3.63) is 0 Å². The predicted molar refractivity (Wildman–Crippen MR) is 67.0 cm³/mol. The third kappa shape index (κ3) is 7.74. The van der Waals surface area contributed by atoms with Crippen LogP contribution in [0.1, 0.15) is 32.1 Å². The molecular formula is C13H24F3NO2. The van der Waals surface area contributed by atoms with Crippen LogP contribution < -0.4 is 0 Å². The highest BCUT2D eigenvalue weighted by molar-refractivity contribution is 4.76. The number of aliphatic hydroxyl groups is 1. The van der Waals surface area contributed by atoms with Crippen LogP contribution in [-0.4, -0.2) is 55.6 Å². The average molecular weight is 283 g/mol. The van der Waals surface area contributed by atoms with E-state index in [-0.39, 0.29) is 12.7 Å². The van der Waals surface area contributed by atoms with Crippen molar-refractivity contribution in [1.29, 1.82) is 0 Å². The van der Waals surface area contributed by atoms with Gasteiger partial charge >= 0.3 is 6.18 Å². The lowest BCUT2D eigenvalue weighted by atomic mass is 9.86. The zero-order valence-electron chi connectivity index (χ0n) is 11.5. The van der Waals surface area contributed by atoms with E-state index >= 15 is 0 Å². The summed E-state index contributed by atoms with van der Waals surface area (Å²) in [7, 11) is 1.94. The first-order valence-electron chi connectivity index (χ1n) is 6.89. The van der Waals surface area contributed by atoms with Crippen LogP contribution in [0, 0.1) is 5.92 Å². The van der Waals surface area contributed by atoms with Crippen molar-refractivity contribution in [1.82, 2.24) is 4.90 Å². The Morgan fingerprint density at radius 3 is 2.58 bits per heavy atom. The molecule has 1 rings (SSSR count). The molecule has 114 valence electrons. The van der Waals surface area contributed by atoms with Crippen LogP contribution in [0.15, 0.2) is 0 Å². The highest BCUT2D eigenvalue weighted by Crippen LogP contribution is 2.24. The number of halogens is 3. The van der Waals surface area contributed by atoms with Gasteiger partial charge in [-0.25, -0.2) is 0 Å². The minimum atomic E-state index is -4.24. The van der Waals surface area contributed by atoms with Crippen LogP contribution >= 0.6 is 0 Å². The lowest BCUT2D eigenvalue weighted by Gasteiger charge is -2.31. The molecule has 0 aliphatic heterocycles. The summed E-state index contributed by atoms with van der Waals surface area (Å²) < 4.78 is 40.0. The quantitative estimate of drug-likeness (QED) is 0.728. The summed E-state index contributed by atoms with van der Waals surface area (Å²) in [6, 6.07) is 0. The molecule has 1 aliphatic carbocycles. The molecule has 1 aliphatic rings. The van der Waals surface area contributed by atoms with Gasteiger partial charge in [0, 0.05) is 19.7 Å². The maximum absolute atomic E-state index is 11.8. The van der Waals surface area contributed by atoms with E-state index in [1.54, 1.807) is 0 Å². The molecule has 2 unspecified atom stereocenters. The standard InChI is InChI=1S/C13H24F3NO2/c1-17(7-4-8-19-10-13(14,15)16)9-11-5-2-3-6-12(11)18/h11-12,18H,2-10H2,1H3. The Kier molecular flexibility index (Phi) is 7.10. The number of hydrogen-bond acceptors (Lipinski definition) is 3. The summed E-state index contributed by atoms with van der Waals surface area (Å²) in [5.74, 6) is 0.301. The smallest absolute Gasteiger partial charge is 0.393 e. The summed E-state index contributed by atoms with van der Waals surface area (Å²) in [5, 5.41) is 9.84. The average Bonchev–Trinajstić information content (AvgIpc) is 2.30. The molecule has 3 nitrogen and oxygen atoms in total. The minimum Gasteiger partial charge on any atom is -0.393 e. The third-order valence-corrected chi connectivity index (χ3v) is 3.51. The number of alkyl halides is 3. The van der Waals surface area contributed by atoms with E-state index in [1.165, 1.54) is 0 Å². The van der Waals surface area contributed by atoms with Gasteiger partial charge in [-0.15, -0.1) is 0 Å². The van der Waals surface area contributed by atoms with Gasteiger partial charge < -0.3 is 14.7 Å².